The molecule has 0 aliphatic heterocycles. The maximum Gasteiger partial charge on any atom is 0.254 e. The van der Waals surface area contributed by atoms with Crippen LogP contribution in [-0.2, 0) is 9.84 Å². The van der Waals surface area contributed by atoms with E-state index in [1.165, 1.54) is 36.8 Å². The number of nitrogens with one attached hydrogen (secondary N) is 1. The van der Waals surface area contributed by atoms with Crippen LogP contribution in [0.15, 0.2) is 71.3 Å². The molecule has 13 heteroatoms. The van der Waals surface area contributed by atoms with E-state index in [1.54, 1.807) is 29.1 Å². The molecule has 0 fully saturated rings. The van der Waals surface area contributed by atoms with Crippen LogP contribution in [0.2, 0.25) is 0 Å². The summed E-state index contributed by atoms with van der Waals surface area (Å²) in [6, 6.07) is 8.02. The van der Waals surface area contributed by atoms with Gasteiger partial charge in [-0.25, -0.2) is 22.5 Å². The molecule has 0 radical (unpaired) electrons. The average molecular weight is 495 g/mol. The van der Waals surface area contributed by atoms with E-state index in [4.69, 9.17) is 5.53 Å². The van der Waals surface area contributed by atoms with Gasteiger partial charge < -0.3 is 5.32 Å². The first-order chi connectivity index (χ1) is 16.8. The van der Waals surface area contributed by atoms with Crippen LogP contribution in [0.25, 0.3) is 27.0 Å². The molecular formula is C22H19FN8O3S. The van der Waals surface area contributed by atoms with Crippen molar-refractivity contribution in [2.75, 3.05) is 12.8 Å². The van der Waals surface area contributed by atoms with Gasteiger partial charge in [0.05, 0.1) is 35.2 Å². The Morgan fingerprint density at radius 1 is 1.23 bits per heavy atom. The van der Waals surface area contributed by atoms with Gasteiger partial charge in [0.2, 0.25) is 0 Å². The van der Waals surface area contributed by atoms with Crippen molar-refractivity contribution in [3.63, 3.8) is 0 Å². The zero-order valence-electron chi connectivity index (χ0n) is 18.4. The lowest BCUT2D eigenvalue weighted by molar-refractivity contribution is 0.0936. The number of halogens is 1. The second-order valence-electron chi connectivity index (χ2n) is 7.62. The van der Waals surface area contributed by atoms with Gasteiger partial charge in [0, 0.05) is 35.5 Å². The molecule has 0 bridgehead atoms. The van der Waals surface area contributed by atoms with E-state index in [0.29, 0.717) is 22.2 Å². The summed E-state index contributed by atoms with van der Waals surface area (Å²) in [5.41, 5.74) is 10.5. The van der Waals surface area contributed by atoms with Gasteiger partial charge >= 0.3 is 0 Å². The highest BCUT2D eigenvalue weighted by atomic mass is 32.2. The van der Waals surface area contributed by atoms with Gasteiger partial charge in [-0.15, -0.1) is 0 Å². The van der Waals surface area contributed by atoms with E-state index in [1.807, 2.05) is 0 Å². The molecule has 0 aliphatic carbocycles. The highest BCUT2D eigenvalue weighted by Crippen LogP contribution is 2.24. The van der Waals surface area contributed by atoms with Crippen LogP contribution < -0.4 is 5.32 Å². The largest absolute Gasteiger partial charge is 0.345 e. The van der Waals surface area contributed by atoms with E-state index in [0.717, 1.165) is 6.26 Å². The van der Waals surface area contributed by atoms with Crippen LogP contribution >= 0.6 is 0 Å². The van der Waals surface area contributed by atoms with Crippen molar-refractivity contribution in [3.8, 4) is 5.69 Å². The molecule has 4 rings (SSSR count). The quantitative estimate of drug-likeness (QED) is 0.224. The Morgan fingerprint density at radius 3 is 2.71 bits per heavy atom. The van der Waals surface area contributed by atoms with Crippen molar-refractivity contribution in [2.24, 2.45) is 5.11 Å². The summed E-state index contributed by atoms with van der Waals surface area (Å²) in [5.74, 6) is -0.865. The SMILES string of the molecule is CS(=O)(=O)c1cc([C@H](CCN=[N+]=[N-])NC(=O)c2cncc3c2cnn3-c2ccc(F)cc2)ccn1. The molecule has 0 unspecified atom stereocenters. The molecule has 0 aliphatic rings. The Hall–Kier alpha value is -4.35. The zero-order chi connectivity index (χ0) is 25.0. The van der Waals surface area contributed by atoms with Gasteiger partial charge in [-0.1, -0.05) is 5.11 Å². The molecule has 1 aromatic carbocycles. The predicted molar refractivity (Wildman–Crippen MR) is 125 cm³/mol. The second kappa shape index (κ2) is 9.87. The fourth-order valence-electron chi connectivity index (χ4n) is 3.54. The van der Waals surface area contributed by atoms with Crippen molar-refractivity contribution in [1.82, 2.24) is 25.1 Å². The third kappa shape index (κ3) is 5.26. The minimum atomic E-state index is -3.57. The molecular weight excluding hydrogens is 475 g/mol. The standard InChI is InChI=1S/C22H19FN8O3S/c1-35(33,34)21-10-14(6-8-26-21)19(7-9-27-30-24)29-22(32)18-11-25-13-20-17(18)12-28-31(20)16-4-2-15(23)3-5-16/h2-6,8,10-13,19H,7,9H2,1H3,(H,29,32)/t19-/m0/s1. The van der Waals surface area contributed by atoms with E-state index >= 15 is 0 Å². The van der Waals surface area contributed by atoms with Gasteiger partial charge in [-0.05, 0) is 53.9 Å². The number of aromatic nitrogens is 4. The average Bonchev–Trinajstić information content (AvgIpc) is 3.28. The Balaban J connectivity index is 1.68. The monoisotopic (exact) mass is 494 g/mol. The number of azide groups is 1. The minimum Gasteiger partial charge on any atom is -0.345 e. The first-order valence-electron chi connectivity index (χ1n) is 10.3. The molecule has 0 saturated heterocycles. The molecule has 35 heavy (non-hydrogen) atoms. The fourth-order valence-corrected chi connectivity index (χ4v) is 4.15. The third-order valence-electron chi connectivity index (χ3n) is 5.24. The summed E-state index contributed by atoms with van der Waals surface area (Å²) in [4.78, 5) is 24.0. The van der Waals surface area contributed by atoms with Crippen LogP contribution in [0.5, 0.6) is 0 Å². The van der Waals surface area contributed by atoms with E-state index in [2.05, 4.69) is 30.4 Å². The van der Waals surface area contributed by atoms with Crippen LogP contribution in [0.3, 0.4) is 0 Å². The number of amides is 1. The zero-order valence-corrected chi connectivity index (χ0v) is 19.2. The topological polar surface area (TPSA) is 156 Å². The molecule has 0 saturated carbocycles. The van der Waals surface area contributed by atoms with Crippen LogP contribution in [0, 0.1) is 5.82 Å². The highest BCUT2D eigenvalue weighted by molar-refractivity contribution is 7.90. The molecule has 4 aromatic rings. The third-order valence-corrected chi connectivity index (χ3v) is 6.22. The first-order valence-corrected chi connectivity index (χ1v) is 12.2. The van der Waals surface area contributed by atoms with Crippen molar-refractivity contribution in [1.29, 1.82) is 0 Å². The highest BCUT2D eigenvalue weighted by Gasteiger charge is 2.21. The van der Waals surface area contributed by atoms with Crippen LogP contribution in [0.1, 0.15) is 28.4 Å². The maximum absolute atomic E-state index is 13.3. The van der Waals surface area contributed by atoms with Crippen molar-refractivity contribution in [2.45, 2.75) is 17.5 Å². The minimum absolute atomic E-state index is 0.0723. The number of carbonyl (C=O) groups is 1. The van der Waals surface area contributed by atoms with Crippen molar-refractivity contribution in [3.05, 3.63) is 88.6 Å². The van der Waals surface area contributed by atoms with Crippen molar-refractivity contribution < 1.29 is 17.6 Å². The molecule has 1 N–H and O–H groups in total. The number of hydrogen-bond donors (Lipinski definition) is 1. The molecule has 3 heterocycles. The molecule has 1 atom stereocenters. The lowest BCUT2D eigenvalue weighted by Gasteiger charge is -2.19. The summed E-state index contributed by atoms with van der Waals surface area (Å²) >= 11 is 0. The van der Waals surface area contributed by atoms with Gasteiger partial charge in [0.1, 0.15) is 5.82 Å². The fraction of sp³-hybridized carbons (Fsp3) is 0.182. The summed E-state index contributed by atoms with van der Waals surface area (Å²) < 4.78 is 38.7. The predicted octanol–water partition coefficient (Wildman–Crippen LogP) is 3.53. The summed E-state index contributed by atoms with van der Waals surface area (Å²) in [6.45, 7) is 0.0723. The van der Waals surface area contributed by atoms with Gasteiger partial charge in [0.25, 0.3) is 5.91 Å². The number of carbonyl (C=O) groups excluding carboxylic acids is 1. The van der Waals surface area contributed by atoms with Crippen LogP contribution in [0.4, 0.5) is 4.39 Å². The maximum atomic E-state index is 13.3. The number of benzene rings is 1. The molecule has 11 nitrogen and oxygen atoms in total. The number of pyridine rings is 2. The Bertz CT molecular complexity index is 1550. The van der Waals surface area contributed by atoms with Gasteiger partial charge in [0.15, 0.2) is 14.9 Å². The Kier molecular flexibility index (Phi) is 6.71. The number of fused-ring (bicyclic) bond motifs is 1. The summed E-state index contributed by atoms with van der Waals surface area (Å²) in [6.07, 6.45) is 7.06. The Morgan fingerprint density at radius 2 is 2.00 bits per heavy atom. The van der Waals surface area contributed by atoms with Crippen molar-refractivity contribution >= 4 is 26.6 Å². The summed E-state index contributed by atoms with van der Waals surface area (Å²) in [7, 11) is -3.57. The number of sulfone groups is 1. The smallest absolute Gasteiger partial charge is 0.254 e. The molecule has 1 amide bonds. The van der Waals surface area contributed by atoms with Gasteiger partial charge in [-0.3, -0.25) is 9.78 Å². The van der Waals surface area contributed by atoms with Gasteiger partial charge in [-0.2, -0.15) is 5.10 Å². The number of rotatable bonds is 8. The number of nitrogens with zero attached hydrogens (tertiary/aromatic N) is 7. The molecule has 0 spiro atoms. The Labute approximate surface area is 199 Å². The second-order valence-corrected chi connectivity index (χ2v) is 9.58. The molecule has 3 aromatic heterocycles. The van der Waals surface area contributed by atoms with Crippen LogP contribution in [-0.4, -0.2) is 46.9 Å². The summed E-state index contributed by atoms with van der Waals surface area (Å²) in [5, 5.41) is 11.1. The lowest BCUT2D eigenvalue weighted by atomic mass is 10.0. The number of hydrogen-bond acceptors (Lipinski definition) is 7. The lowest BCUT2D eigenvalue weighted by Crippen LogP contribution is -2.29. The first kappa shape index (κ1) is 23.8. The van der Waals surface area contributed by atoms with E-state index in [9.17, 15) is 17.6 Å². The van der Waals surface area contributed by atoms with E-state index < -0.39 is 21.8 Å². The normalized spacial score (nSPS) is 12.2. The molecule has 178 valence electrons. The van der Waals surface area contributed by atoms with E-state index in [-0.39, 0.29) is 29.4 Å².